The topological polar surface area (TPSA) is 53.2 Å². The minimum atomic E-state index is 0.0177. The third kappa shape index (κ3) is 2.86. The van der Waals surface area contributed by atoms with Gasteiger partial charge in [0.05, 0.1) is 6.04 Å². The smallest absolute Gasteiger partial charge is 0.238 e. The molecule has 0 spiro atoms. The lowest BCUT2D eigenvalue weighted by molar-refractivity contribution is -0.123. The van der Waals surface area contributed by atoms with E-state index in [1.807, 2.05) is 0 Å². The molecule has 4 nitrogen and oxygen atoms in total. The van der Waals surface area contributed by atoms with Crippen molar-refractivity contribution in [2.45, 2.75) is 25.4 Å². The predicted octanol–water partition coefficient (Wildman–Crippen LogP) is -0.237. The van der Waals surface area contributed by atoms with Crippen LogP contribution in [0.25, 0.3) is 0 Å². The van der Waals surface area contributed by atoms with E-state index in [-0.39, 0.29) is 11.9 Å². The van der Waals surface area contributed by atoms with Gasteiger partial charge in [0.25, 0.3) is 0 Å². The number of nitrogens with one attached hydrogen (secondary N) is 3. The predicted molar refractivity (Wildman–Crippen MR) is 62.8 cm³/mol. The molecular weight excluding hydrogens is 210 g/mol. The second-order valence-electron chi connectivity index (χ2n) is 4.36. The normalized spacial score (nSPS) is 36.5. The highest BCUT2D eigenvalue weighted by atomic mass is 32.2. The first-order valence-electron chi connectivity index (χ1n) is 5.59. The Labute approximate surface area is 94.9 Å². The van der Waals surface area contributed by atoms with Crippen molar-refractivity contribution in [3.63, 3.8) is 0 Å². The van der Waals surface area contributed by atoms with Crippen LogP contribution >= 0.6 is 11.8 Å². The zero-order valence-electron chi connectivity index (χ0n) is 9.08. The molecule has 2 saturated heterocycles. The molecule has 2 heterocycles. The highest BCUT2D eigenvalue weighted by Crippen LogP contribution is 2.13. The fraction of sp³-hybridized carbons (Fsp3) is 0.900. The Morgan fingerprint density at radius 3 is 3.07 bits per heavy atom. The highest BCUT2D eigenvalue weighted by Gasteiger charge is 2.27. The van der Waals surface area contributed by atoms with Gasteiger partial charge in [-0.3, -0.25) is 10.1 Å². The molecule has 0 saturated carbocycles. The minimum absolute atomic E-state index is 0.0177. The second-order valence-corrected chi connectivity index (χ2v) is 5.39. The molecule has 3 atom stereocenters. The molecule has 2 rings (SSSR count). The molecule has 3 N–H and O–H groups in total. The van der Waals surface area contributed by atoms with E-state index in [0.717, 1.165) is 31.1 Å². The van der Waals surface area contributed by atoms with E-state index in [1.54, 1.807) is 11.8 Å². The van der Waals surface area contributed by atoms with Gasteiger partial charge < -0.3 is 10.6 Å². The van der Waals surface area contributed by atoms with Crippen molar-refractivity contribution in [3.8, 4) is 0 Å². The summed E-state index contributed by atoms with van der Waals surface area (Å²) in [6.45, 7) is 4.19. The molecule has 2 aliphatic rings. The summed E-state index contributed by atoms with van der Waals surface area (Å²) in [4.78, 5) is 11.8. The third-order valence-electron chi connectivity index (χ3n) is 3.19. The number of piperidine rings is 1. The van der Waals surface area contributed by atoms with Gasteiger partial charge in [-0.1, -0.05) is 6.92 Å². The molecule has 0 aliphatic carbocycles. The molecule has 5 heteroatoms. The van der Waals surface area contributed by atoms with Crippen LogP contribution in [0.3, 0.4) is 0 Å². The lowest BCUT2D eigenvalue weighted by Gasteiger charge is -2.31. The zero-order valence-corrected chi connectivity index (χ0v) is 9.90. The molecule has 2 unspecified atom stereocenters. The maximum atomic E-state index is 11.8. The summed E-state index contributed by atoms with van der Waals surface area (Å²) in [6.07, 6.45) is 1.15. The van der Waals surface area contributed by atoms with Crippen molar-refractivity contribution in [3.05, 3.63) is 0 Å². The van der Waals surface area contributed by atoms with Crippen LogP contribution in [0.2, 0.25) is 0 Å². The third-order valence-corrected chi connectivity index (χ3v) is 4.13. The summed E-state index contributed by atoms with van der Waals surface area (Å²) >= 11 is 1.79. The van der Waals surface area contributed by atoms with E-state index < -0.39 is 0 Å². The molecule has 15 heavy (non-hydrogen) atoms. The van der Waals surface area contributed by atoms with E-state index in [1.165, 1.54) is 0 Å². The van der Waals surface area contributed by atoms with Crippen molar-refractivity contribution < 1.29 is 4.79 Å². The summed E-state index contributed by atoms with van der Waals surface area (Å²) in [5, 5.41) is 9.65. The van der Waals surface area contributed by atoms with Crippen LogP contribution in [0.4, 0.5) is 0 Å². The van der Waals surface area contributed by atoms with Crippen LogP contribution in [-0.4, -0.2) is 42.7 Å². The van der Waals surface area contributed by atoms with Crippen LogP contribution in [0.5, 0.6) is 0 Å². The number of carbonyl (C=O) groups excluding carboxylic acids is 1. The average Bonchev–Trinajstić information content (AvgIpc) is 2.74. The van der Waals surface area contributed by atoms with E-state index in [9.17, 15) is 4.79 Å². The maximum Gasteiger partial charge on any atom is 0.238 e. The van der Waals surface area contributed by atoms with Gasteiger partial charge in [-0.25, -0.2) is 0 Å². The van der Waals surface area contributed by atoms with Crippen LogP contribution in [0.1, 0.15) is 13.3 Å². The summed E-state index contributed by atoms with van der Waals surface area (Å²) < 4.78 is 0. The molecule has 0 aromatic heterocycles. The van der Waals surface area contributed by atoms with Crippen molar-refractivity contribution in [1.29, 1.82) is 0 Å². The molecule has 2 fully saturated rings. The van der Waals surface area contributed by atoms with Crippen molar-refractivity contribution >= 4 is 17.7 Å². The van der Waals surface area contributed by atoms with E-state index in [4.69, 9.17) is 0 Å². The maximum absolute atomic E-state index is 11.8. The Hall–Kier alpha value is -0.260. The number of carbonyl (C=O) groups is 1. The standard InChI is InChI=1S/C10H19N3OS/c1-7-2-3-11-4-8(7)13-10(14)9-5-15-6-12-9/h7-9,11-12H,2-6H2,1H3,(H,13,14)/t7?,8?,9-/m1/s1. The van der Waals surface area contributed by atoms with Gasteiger partial charge in [-0.2, -0.15) is 0 Å². The molecule has 1 amide bonds. The number of rotatable bonds is 2. The minimum Gasteiger partial charge on any atom is -0.350 e. The summed E-state index contributed by atoms with van der Waals surface area (Å²) in [5.74, 6) is 2.56. The lowest BCUT2D eigenvalue weighted by Crippen LogP contribution is -2.54. The van der Waals surface area contributed by atoms with Crippen LogP contribution in [0.15, 0.2) is 0 Å². The van der Waals surface area contributed by atoms with Gasteiger partial charge in [0.15, 0.2) is 0 Å². The number of amides is 1. The van der Waals surface area contributed by atoms with Gasteiger partial charge in [-0.15, -0.1) is 11.8 Å². The zero-order chi connectivity index (χ0) is 10.7. The van der Waals surface area contributed by atoms with Crippen LogP contribution in [0, 0.1) is 5.92 Å². The molecule has 0 radical (unpaired) electrons. The fourth-order valence-electron chi connectivity index (χ4n) is 2.03. The summed E-state index contributed by atoms with van der Waals surface area (Å²) in [7, 11) is 0. The number of hydrogen-bond acceptors (Lipinski definition) is 4. The largest absolute Gasteiger partial charge is 0.350 e. The molecule has 0 bridgehead atoms. The van der Waals surface area contributed by atoms with E-state index in [2.05, 4.69) is 22.9 Å². The Bertz CT molecular complexity index is 231. The first-order valence-corrected chi connectivity index (χ1v) is 6.75. The summed E-state index contributed by atoms with van der Waals surface area (Å²) in [6, 6.07) is 0.322. The van der Waals surface area contributed by atoms with Gasteiger partial charge in [0.2, 0.25) is 5.91 Å². The Balaban J connectivity index is 1.81. The first kappa shape index (κ1) is 11.2. The van der Waals surface area contributed by atoms with Crippen molar-refractivity contribution in [2.24, 2.45) is 5.92 Å². The SMILES string of the molecule is CC1CCNCC1NC(=O)[C@H]1CSCN1. The monoisotopic (exact) mass is 229 g/mol. The Morgan fingerprint density at radius 2 is 2.40 bits per heavy atom. The molecule has 2 aliphatic heterocycles. The highest BCUT2D eigenvalue weighted by molar-refractivity contribution is 7.99. The van der Waals surface area contributed by atoms with Gasteiger partial charge in [-0.05, 0) is 18.9 Å². The molecule has 86 valence electrons. The number of hydrogen-bond donors (Lipinski definition) is 3. The first-order chi connectivity index (χ1) is 7.27. The molecule has 0 aromatic carbocycles. The Kier molecular flexibility index (Phi) is 3.88. The van der Waals surface area contributed by atoms with Gasteiger partial charge in [0.1, 0.15) is 0 Å². The Morgan fingerprint density at radius 1 is 1.53 bits per heavy atom. The molecule has 0 aromatic rings. The van der Waals surface area contributed by atoms with Crippen LogP contribution in [-0.2, 0) is 4.79 Å². The van der Waals surface area contributed by atoms with Gasteiger partial charge in [0, 0.05) is 24.2 Å². The lowest BCUT2D eigenvalue weighted by atomic mass is 9.94. The quantitative estimate of drug-likeness (QED) is 0.612. The van der Waals surface area contributed by atoms with E-state index >= 15 is 0 Å². The van der Waals surface area contributed by atoms with Crippen molar-refractivity contribution in [1.82, 2.24) is 16.0 Å². The summed E-state index contributed by atoms with van der Waals surface area (Å²) in [5.41, 5.74) is 0. The van der Waals surface area contributed by atoms with E-state index in [0.29, 0.717) is 12.0 Å². The fourth-order valence-corrected chi connectivity index (χ4v) is 2.97. The van der Waals surface area contributed by atoms with Gasteiger partial charge >= 0.3 is 0 Å². The average molecular weight is 229 g/mol. The molecular formula is C10H19N3OS. The second kappa shape index (κ2) is 5.18. The number of thioether (sulfide) groups is 1. The van der Waals surface area contributed by atoms with Crippen molar-refractivity contribution in [2.75, 3.05) is 24.7 Å². The van der Waals surface area contributed by atoms with Crippen LogP contribution < -0.4 is 16.0 Å².